The van der Waals surface area contributed by atoms with Crippen molar-refractivity contribution in [3.8, 4) is 0 Å². The van der Waals surface area contributed by atoms with Crippen molar-refractivity contribution in [1.82, 2.24) is 4.90 Å². The fraction of sp³-hybridized carbons (Fsp3) is 0.308. The third-order valence-electron chi connectivity index (χ3n) is 8.16. The summed E-state index contributed by atoms with van der Waals surface area (Å²) in [7, 11) is 0. The minimum atomic E-state index is -0.395. The molecule has 55 heavy (non-hydrogen) atoms. The fourth-order valence-corrected chi connectivity index (χ4v) is 5.09. The van der Waals surface area contributed by atoms with E-state index in [1.165, 1.54) is 4.90 Å². The van der Waals surface area contributed by atoms with Gasteiger partial charge in [0.05, 0.1) is 36.5 Å². The molecule has 284 valence electrons. The molecule has 3 aromatic rings. The molecule has 3 aliphatic rings. The Balaban J connectivity index is 1.24. The Kier molecular flexibility index (Phi) is 12.7. The highest BCUT2D eigenvalue weighted by molar-refractivity contribution is 6.32. The van der Waals surface area contributed by atoms with E-state index in [1.807, 2.05) is 20.8 Å². The Bertz CT molecular complexity index is 1830. The number of anilines is 3. The zero-order valence-corrected chi connectivity index (χ0v) is 30.9. The second kappa shape index (κ2) is 18.4. The molecule has 0 bridgehead atoms. The summed E-state index contributed by atoms with van der Waals surface area (Å²) in [6.07, 6.45) is 5.17. The number of benzene rings is 3. The topological polar surface area (TPSA) is 192 Å². The van der Waals surface area contributed by atoms with Crippen molar-refractivity contribution >= 4 is 70.7 Å². The van der Waals surface area contributed by atoms with Gasteiger partial charge in [0, 0.05) is 17.1 Å². The lowest BCUT2D eigenvalue weighted by atomic mass is 10.2. The van der Waals surface area contributed by atoms with Crippen molar-refractivity contribution < 1.29 is 28.6 Å². The van der Waals surface area contributed by atoms with Crippen LogP contribution in [0.5, 0.6) is 0 Å². The van der Waals surface area contributed by atoms with Gasteiger partial charge in [-0.2, -0.15) is 30.0 Å². The van der Waals surface area contributed by atoms with Gasteiger partial charge in [-0.3, -0.25) is 0 Å². The van der Waals surface area contributed by atoms with Crippen LogP contribution in [0.25, 0.3) is 0 Å². The highest BCUT2D eigenvalue weighted by Crippen LogP contribution is 2.21. The Labute approximate surface area is 318 Å². The number of rotatable bonds is 15. The van der Waals surface area contributed by atoms with E-state index in [0.717, 1.165) is 38.5 Å². The number of nitrogens with one attached hydrogen (secondary N) is 3. The molecule has 16 heteroatoms. The van der Waals surface area contributed by atoms with E-state index < -0.39 is 17.9 Å². The van der Waals surface area contributed by atoms with E-state index in [1.54, 1.807) is 72.8 Å². The molecule has 0 spiro atoms. The van der Waals surface area contributed by atoms with Gasteiger partial charge in [0.15, 0.2) is 0 Å². The number of esters is 3. The first-order chi connectivity index (χ1) is 26.8. The second-order valence-corrected chi connectivity index (χ2v) is 12.5. The van der Waals surface area contributed by atoms with E-state index in [-0.39, 0.29) is 35.8 Å². The van der Waals surface area contributed by atoms with Gasteiger partial charge in [-0.25, -0.2) is 19.3 Å². The number of carbonyl (C=O) groups is 3. The van der Waals surface area contributed by atoms with E-state index in [4.69, 9.17) is 14.2 Å². The third kappa shape index (κ3) is 10.0. The molecule has 3 heterocycles. The standard InChI is InChI=1S/C39H42N10O6/c1-4-7-22-53-31(50)25-10-16-28(17-11-25)40-34-43-37-45-35(41-29-18-12-26(13-19-29)32(51)54-23-8-5-2)47-39-48-36(46-38(44-34)49(37)39)42-30-20-14-27(15-21-30)33(52)55-24-9-6-3/h10-21H,4-9,22-24H2,1-3H3,(H3,40,41,42,43,44,45,46,47,48). The predicted molar refractivity (Wildman–Crippen MR) is 212 cm³/mol. The van der Waals surface area contributed by atoms with Crippen LogP contribution in [0.1, 0.15) is 90.4 Å². The molecular weight excluding hydrogens is 704 g/mol. The van der Waals surface area contributed by atoms with E-state index in [2.05, 4.69) is 45.9 Å². The molecule has 6 rings (SSSR count). The van der Waals surface area contributed by atoms with Crippen molar-refractivity contribution in [3.63, 3.8) is 0 Å². The molecule has 0 amide bonds. The van der Waals surface area contributed by atoms with Crippen LogP contribution < -0.4 is 16.0 Å². The second-order valence-electron chi connectivity index (χ2n) is 12.5. The Hall–Kier alpha value is -6.71. The maximum absolute atomic E-state index is 12.4. The average Bonchev–Trinajstić information content (AvgIpc) is 3.18. The van der Waals surface area contributed by atoms with Crippen LogP contribution in [-0.2, 0) is 14.2 Å². The molecular formula is C39H42N10O6. The maximum atomic E-state index is 12.4. The van der Waals surface area contributed by atoms with E-state index >= 15 is 0 Å². The van der Waals surface area contributed by atoms with Crippen molar-refractivity contribution in [2.24, 2.45) is 30.0 Å². The van der Waals surface area contributed by atoms with Gasteiger partial charge < -0.3 is 30.2 Å². The lowest BCUT2D eigenvalue weighted by Crippen LogP contribution is -2.49. The Morgan fingerprint density at radius 3 is 0.982 bits per heavy atom. The van der Waals surface area contributed by atoms with Crippen LogP contribution in [0.2, 0.25) is 0 Å². The molecule has 0 saturated heterocycles. The summed E-state index contributed by atoms with van der Waals surface area (Å²) >= 11 is 0. The molecule has 16 nitrogen and oxygen atoms in total. The number of hydrogen-bond donors (Lipinski definition) is 3. The zero-order chi connectivity index (χ0) is 38.6. The first-order valence-corrected chi connectivity index (χ1v) is 18.3. The zero-order valence-electron chi connectivity index (χ0n) is 30.9. The first kappa shape index (κ1) is 38.0. The third-order valence-corrected chi connectivity index (χ3v) is 8.16. The van der Waals surface area contributed by atoms with Crippen molar-refractivity contribution in [1.29, 1.82) is 0 Å². The van der Waals surface area contributed by atoms with Crippen molar-refractivity contribution in [2.75, 3.05) is 35.8 Å². The van der Waals surface area contributed by atoms with Gasteiger partial charge in [0.2, 0.25) is 35.8 Å². The minimum Gasteiger partial charge on any atom is -0.462 e. The molecule has 3 N–H and O–H groups in total. The van der Waals surface area contributed by atoms with Gasteiger partial charge in [-0.15, -0.1) is 0 Å². The average molecular weight is 747 g/mol. The summed E-state index contributed by atoms with van der Waals surface area (Å²) in [4.78, 5) is 66.5. The summed E-state index contributed by atoms with van der Waals surface area (Å²) in [5.74, 6) is -0.115. The predicted octanol–water partition coefficient (Wildman–Crippen LogP) is 6.67. The number of unbranched alkanes of at least 4 members (excludes halogenated alkanes) is 3. The number of guanidine groups is 6. The van der Waals surface area contributed by atoms with Crippen LogP contribution in [0, 0.1) is 0 Å². The van der Waals surface area contributed by atoms with E-state index in [9.17, 15) is 14.4 Å². The monoisotopic (exact) mass is 746 g/mol. The SMILES string of the molecule is CCCCOC(=O)c1ccc(NC2=NC3=NC(Nc4ccc(C(=O)OCCCC)cc4)=NC4=NC(Nc5ccc(C(=O)OCCCC)cc5)=NC(=N2)N34)cc1. The largest absolute Gasteiger partial charge is 0.462 e. The van der Waals surface area contributed by atoms with Crippen LogP contribution in [-0.4, -0.2) is 78.4 Å². The molecule has 0 atom stereocenters. The number of hydrogen-bond acceptors (Lipinski definition) is 16. The lowest BCUT2D eigenvalue weighted by Gasteiger charge is -2.30. The number of aliphatic imine (C=N–C) groups is 6. The maximum Gasteiger partial charge on any atom is 0.338 e. The van der Waals surface area contributed by atoms with Gasteiger partial charge in [0.25, 0.3) is 0 Å². The van der Waals surface area contributed by atoms with Crippen LogP contribution in [0.15, 0.2) is 103 Å². The summed E-state index contributed by atoms with van der Waals surface area (Å²) in [5, 5.41) is 9.48. The van der Waals surface area contributed by atoms with Gasteiger partial charge in [-0.05, 0) is 92.1 Å². The molecule has 0 unspecified atom stereocenters. The molecule has 3 aliphatic heterocycles. The lowest BCUT2D eigenvalue weighted by molar-refractivity contribution is 0.0490. The normalized spacial score (nSPS) is 14.1. The van der Waals surface area contributed by atoms with Gasteiger partial charge in [0.1, 0.15) is 0 Å². The highest BCUT2D eigenvalue weighted by atomic mass is 16.5. The molecule has 0 aromatic heterocycles. The summed E-state index contributed by atoms with van der Waals surface area (Å²) in [6, 6.07) is 20.3. The quantitative estimate of drug-likeness (QED) is 0.0859. The summed E-state index contributed by atoms with van der Waals surface area (Å²) in [6.45, 7) is 7.18. The first-order valence-electron chi connectivity index (χ1n) is 18.3. The number of ether oxygens (including phenoxy) is 3. The smallest absolute Gasteiger partial charge is 0.338 e. The molecule has 0 radical (unpaired) electrons. The van der Waals surface area contributed by atoms with Crippen LogP contribution in [0.4, 0.5) is 17.1 Å². The fourth-order valence-electron chi connectivity index (χ4n) is 5.09. The molecule has 0 fully saturated rings. The van der Waals surface area contributed by atoms with Crippen molar-refractivity contribution in [2.45, 2.75) is 59.3 Å². The number of carbonyl (C=O) groups excluding carboxylic acids is 3. The molecule has 3 aromatic carbocycles. The van der Waals surface area contributed by atoms with Crippen LogP contribution >= 0.6 is 0 Å². The van der Waals surface area contributed by atoms with E-state index in [0.29, 0.717) is 53.6 Å². The minimum absolute atomic E-state index is 0.172. The highest BCUT2D eigenvalue weighted by Gasteiger charge is 2.35. The van der Waals surface area contributed by atoms with Gasteiger partial charge >= 0.3 is 17.9 Å². The number of nitrogens with zero attached hydrogens (tertiary/aromatic N) is 7. The summed E-state index contributed by atoms with van der Waals surface area (Å²) < 4.78 is 16.0. The molecule has 0 saturated carbocycles. The van der Waals surface area contributed by atoms with Gasteiger partial charge in [-0.1, -0.05) is 40.0 Å². The Morgan fingerprint density at radius 2 is 0.727 bits per heavy atom. The summed E-state index contributed by atoms with van der Waals surface area (Å²) in [5.41, 5.74) is 3.09. The van der Waals surface area contributed by atoms with Crippen molar-refractivity contribution in [3.05, 3.63) is 89.5 Å². The van der Waals surface area contributed by atoms with Crippen LogP contribution in [0.3, 0.4) is 0 Å². The molecule has 0 aliphatic carbocycles. The Morgan fingerprint density at radius 1 is 0.455 bits per heavy atom.